The number of carbonyl (C=O) groups is 1. The van der Waals surface area contributed by atoms with Crippen LogP contribution in [0.25, 0.3) is 11.3 Å². The van der Waals surface area contributed by atoms with Gasteiger partial charge in [0.25, 0.3) is 0 Å². The minimum Gasteiger partial charge on any atom is -0.317 e. The molecule has 2 aliphatic heterocycles. The lowest BCUT2D eigenvalue weighted by Crippen LogP contribution is -2.31. The number of anilines is 1. The molecule has 0 aliphatic carbocycles. The van der Waals surface area contributed by atoms with Crippen molar-refractivity contribution in [3.8, 4) is 11.3 Å². The van der Waals surface area contributed by atoms with Crippen LogP contribution in [0.2, 0.25) is 0 Å². The zero-order chi connectivity index (χ0) is 16.5. The zero-order valence-corrected chi connectivity index (χ0v) is 14.1. The molecule has 2 N–H and O–H groups in total. The van der Waals surface area contributed by atoms with Gasteiger partial charge in [-0.05, 0) is 68.0 Å². The van der Waals surface area contributed by atoms with Crippen LogP contribution in [0.1, 0.15) is 30.4 Å². The molecule has 0 unspecified atom stereocenters. The van der Waals surface area contributed by atoms with Gasteiger partial charge in [-0.3, -0.25) is 9.89 Å². The third-order valence-corrected chi connectivity index (χ3v) is 5.38. The molecule has 3 heterocycles. The lowest BCUT2D eigenvalue weighted by molar-refractivity contribution is -0.118. The van der Waals surface area contributed by atoms with Crippen LogP contribution >= 0.6 is 0 Å². The smallest absolute Gasteiger partial charge is 0.227 e. The van der Waals surface area contributed by atoms with E-state index in [2.05, 4.69) is 33.7 Å². The number of carbonyl (C=O) groups excluding carboxylic acids is 1. The second-order valence-electron chi connectivity index (χ2n) is 6.95. The second kappa shape index (κ2) is 6.40. The molecule has 1 saturated heterocycles. The molecule has 126 valence electrons. The maximum absolute atomic E-state index is 11.8. The quantitative estimate of drug-likeness (QED) is 0.912. The van der Waals surface area contributed by atoms with Crippen molar-refractivity contribution in [1.29, 1.82) is 0 Å². The molecule has 2 aliphatic rings. The van der Waals surface area contributed by atoms with Gasteiger partial charge in [-0.15, -0.1) is 0 Å². The van der Waals surface area contributed by atoms with E-state index in [1.807, 2.05) is 13.2 Å². The predicted octanol–water partition coefficient (Wildman–Crippen LogP) is 2.53. The molecule has 0 radical (unpaired) electrons. The number of aryl methyl sites for hydroxylation is 1. The predicted molar refractivity (Wildman–Crippen MR) is 95.1 cm³/mol. The summed E-state index contributed by atoms with van der Waals surface area (Å²) in [6, 6.07) is 6.36. The number of hydrogen-bond acceptors (Lipinski definition) is 3. The topological polar surface area (TPSA) is 61.0 Å². The summed E-state index contributed by atoms with van der Waals surface area (Å²) in [5.74, 6) is 0.936. The molecule has 0 bridgehead atoms. The first-order valence-corrected chi connectivity index (χ1v) is 8.85. The summed E-state index contributed by atoms with van der Waals surface area (Å²) in [7, 11) is 1.86. The number of H-pyrrole nitrogens is 1. The van der Waals surface area contributed by atoms with Gasteiger partial charge in [-0.2, -0.15) is 5.10 Å². The number of amides is 1. The first-order valence-electron chi connectivity index (χ1n) is 8.85. The average molecular weight is 324 g/mol. The van der Waals surface area contributed by atoms with Crippen LogP contribution in [0.3, 0.4) is 0 Å². The number of benzene rings is 1. The Balaban J connectivity index is 1.61. The Morgan fingerprint density at radius 3 is 2.92 bits per heavy atom. The molecule has 5 heteroatoms. The summed E-state index contributed by atoms with van der Waals surface area (Å²) in [5.41, 5.74) is 5.80. The lowest BCUT2D eigenvalue weighted by atomic mass is 9.89. The molecule has 0 atom stereocenters. The minimum atomic E-state index is 0.196. The van der Waals surface area contributed by atoms with Crippen LogP contribution < -0.4 is 10.2 Å². The van der Waals surface area contributed by atoms with Gasteiger partial charge in [0.1, 0.15) is 0 Å². The SMILES string of the molecule is CN1C(=O)CCc2cc(-c3n[nH]cc3CC3CCNCC3)ccc21. The van der Waals surface area contributed by atoms with E-state index in [9.17, 15) is 4.79 Å². The summed E-state index contributed by atoms with van der Waals surface area (Å²) < 4.78 is 0. The van der Waals surface area contributed by atoms with Crippen molar-refractivity contribution in [2.24, 2.45) is 5.92 Å². The molecule has 1 aromatic heterocycles. The van der Waals surface area contributed by atoms with Crippen molar-refractivity contribution in [3.63, 3.8) is 0 Å². The van der Waals surface area contributed by atoms with Crippen LogP contribution in [-0.4, -0.2) is 36.2 Å². The van der Waals surface area contributed by atoms with E-state index in [0.29, 0.717) is 6.42 Å². The largest absolute Gasteiger partial charge is 0.317 e. The van der Waals surface area contributed by atoms with E-state index in [-0.39, 0.29) is 5.91 Å². The number of aromatic nitrogens is 2. The van der Waals surface area contributed by atoms with E-state index in [4.69, 9.17) is 0 Å². The molecular weight excluding hydrogens is 300 g/mol. The van der Waals surface area contributed by atoms with Crippen molar-refractivity contribution in [2.75, 3.05) is 25.0 Å². The van der Waals surface area contributed by atoms with E-state index < -0.39 is 0 Å². The Morgan fingerprint density at radius 1 is 1.25 bits per heavy atom. The lowest BCUT2D eigenvalue weighted by Gasteiger charge is -2.26. The molecule has 1 aromatic carbocycles. The van der Waals surface area contributed by atoms with E-state index in [1.165, 1.54) is 24.0 Å². The van der Waals surface area contributed by atoms with E-state index in [0.717, 1.165) is 48.8 Å². The highest BCUT2D eigenvalue weighted by molar-refractivity contribution is 5.96. The van der Waals surface area contributed by atoms with Gasteiger partial charge in [0.2, 0.25) is 5.91 Å². The maximum atomic E-state index is 11.8. The summed E-state index contributed by atoms with van der Waals surface area (Å²) in [4.78, 5) is 13.6. The Morgan fingerprint density at radius 2 is 2.08 bits per heavy atom. The molecule has 2 aromatic rings. The van der Waals surface area contributed by atoms with Gasteiger partial charge in [-0.25, -0.2) is 0 Å². The number of nitrogens with zero attached hydrogens (tertiary/aromatic N) is 2. The van der Waals surface area contributed by atoms with Crippen LogP contribution in [0.5, 0.6) is 0 Å². The average Bonchev–Trinajstić information content (AvgIpc) is 3.07. The fraction of sp³-hybridized carbons (Fsp3) is 0.474. The molecule has 0 spiro atoms. The Hall–Kier alpha value is -2.14. The normalized spacial score (nSPS) is 18.7. The van der Waals surface area contributed by atoms with Gasteiger partial charge < -0.3 is 10.2 Å². The van der Waals surface area contributed by atoms with Crippen LogP contribution in [-0.2, 0) is 17.6 Å². The Labute approximate surface area is 142 Å². The van der Waals surface area contributed by atoms with Gasteiger partial charge in [0, 0.05) is 30.9 Å². The van der Waals surface area contributed by atoms with Crippen molar-refractivity contribution in [1.82, 2.24) is 15.5 Å². The molecule has 1 amide bonds. The molecule has 0 saturated carbocycles. The van der Waals surface area contributed by atoms with Gasteiger partial charge in [-0.1, -0.05) is 6.07 Å². The second-order valence-corrected chi connectivity index (χ2v) is 6.95. The van der Waals surface area contributed by atoms with Gasteiger partial charge >= 0.3 is 0 Å². The highest BCUT2D eigenvalue weighted by atomic mass is 16.2. The minimum absolute atomic E-state index is 0.196. The molecule has 24 heavy (non-hydrogen) atoms. The van der Waals surface area contributed by atoms with Crippen LogP contribution in [0.4, 0.5) is 5.69 Å². The number of aromatic amines is 1. The number of rotatable bonds is 3. The van der Waals surface area contributed by atoms with Crippen molar-refractivity contribution in [2.45, 2.75) is 32.1 Å². The molecule has 1 fully saturated rings. The van der Waals surface area contributed by atoms with Crippen molar-refractivity contribution in [3.05, 3.63) is 35.5 Å². The Bertz CT molecular complexity index is 746. The van der Waals surface area contributed by atoms with Gasteiger partial charge in [0.05, 0.1) is 5.69 Å². The van der Waals surface area contributed by atoms with E-state index in [1.54, 1.807) is 4.90 Å². The fourth-order valence-electron chi connectivity index (χ4n) is 3.92. The molecule has 5 nitrogen and oxygen atoms in total. The number of fused-ring (bicyclic) bond motifs is 1. The van der Waals surface area contributed by atoms with Crippen LogP contribution in [0.15, 0.2) is 24.4 Å². The summed E-state index contributed by atoms with van der Waals surface area (Å²) in [5, 5.41) is 11.0. The number of hydrogen-bond donors (Lipinski definition) is 2. The molecular formula is C19H24N4O. The summed E-state index contributed by atoms with van der Waals surface area (Å²) in [6.45, 7) is 2.24. The molecule has 4 rings (SSSR count). The Kier molecular flexibility index (Phi) is 4.10. The highest BCUT2D eigenvalue weighted by Gasteiger charge is 2.22. The van der Waals surface area contributed by atoms with E-state index >= 15 is 0 Å². The maximum Gasteiger partial charge on any atom is 0.227 e. The zero-order valence-electron chi connectivity index (χ0n) is 14.1. The third kappa shape index (κ3) is 2.84. The fourth-order valence-corrected chi connectivity index (χ4v) is 3.92. The number of piperidine rings is 1. The standard InChI is InChI=1S/C19H24N4O/c1-23-17-4-2-15(11-14(17)3-5-18(23)24)19-16(12-21-22-19)10-13-6-8-20-9-7-13/h2,4,11-13,20H,3,5-10H2,1H3,(H,21,22). The first kappa shape index (κ1) is 15.4. The number of nitrogens with one attached hydrogen (secondary N) is 2. The highest BCUT2D eigenvalue weighted by Crippen LogP contribution is 2.32. The monoisotopic (exact) mass is 324 g/mol. The van der Waals surface area contributed by atoms with Crippen molar-refractivity contribution < 1.29 is 4.79 Å². The summed E-state index contributed by atoms with van der Waals surface area (Å²) >= 11 is 0. The van der Waals surface area contributed by atoms with Crippen molar-refractivity contribution >= 4 is 11.6 Å². The van der Waals surface area contributed by atoms with Crippen LogP contribution in [0, 0.1) is 5.92 Å². The summed E-state index contributed by atoms with van der Waals surface area (Å²) in [6.07, 6.45) is 7.02. The third-order valence-electron chi connectivity index (χ3n) is 5.38. The first-order chi connectivity index (χ1) is 11.7. The van der Waals surface area contributed by atoms with Gasteiger partial charge in [0.15, 0.2) is 0 Å².